The lowest BCUT2D eigenvalue weighted by molar-refractivity contribution is -0.134. The van der Waals surface area contributed by atoms with Gasteiger partial charge in [0.05, 0.1) is 5.60 Å². The van der Waals surface area contributed by atoms with Gasteiger partial charge in [-0.2, -0.15) is 0 Å². The van der Waals surface area contributed by atoms with Crippen molar-refractivity contribution in [2.45, 2.75) is 83.7 Å². The second kappa shape index (κ2) is 6.88. The molecule has 4 saturated carbocycles. The zero-order chi connectivity index (χ0) is 18.5. The summed E-state index contributed by atoms with van der Waals surface area (Å²) in [7, 11) is 1.80. The van der Waals surface area contributed by atoms with Crippen molar-refractivity contribution >= 4 is 5.78 Å². The van der Waals surface area contributed by atoms with E-state index in [1.54, 1.807) is 7.11 Å². The molecule has 8 atom stereocenters. The number of ketones is 1. The smallest absolute Gasteiger partial charge is 0.133 e. The van der Waals surface area contributed by atoms with E-state index in [2.05, 4.69) is 0 Å². The molecule has 0 spiro atoms. The van der Waals surface area contributed by atoms with Crippen LogP contribution in [0.1, 0.15) is 78.1 Å². The fourth-order valence-electron chi connectivity index (χ4n) is 8.28. The van der Waals surface area contributed by atoms with Crippen LogP contribution in [0.25, 0.3) is 0 Å². The van der Waals surface area contributed by atoms with E-state index >= 15 is 0 Å². The zero-order valence-corrected chi connectivity index (χ0v) is 17.0. The summed E-state index contributed by atoms with van der Waals surface area (Å²) in [4.78, 5) is 12.5. The summed E-state index contributed by atoms with van der Waals surface area (Å²) < 4.78 is 5.48. The predicted octanol–water partition coefficient (Wildman–Crippen LogP) is 4.61. The molecular formula is C23H38O3. The Hall–Kier alpha value is -0.410. The maximum atomic E-state index is 12.5. The average Bonchev–Trinajstić information content (AvgIpc) is 2.98. The molecule has 26 heavy (non-hydrogen) atoms. The summed E-state index contributed by atoms with van der Waals surface area (Å²) in [5, 5.41) is 10.5. The van der Waals surface area contributed by atoms with Crippen LogP contribution in [-0.4, -0.2) is 30.2 Å². The van der Waals surface area contributed by atoms with Gasteiger partial charge in [0.1, 0.15) is 5.78 Å². The molecule has 0 amide bonds. The molecule has 3 nitrogen and oxygen atoms in total. The summed E-state index contributed by atoms with van der Waals surface area (Å²) in [6.45, 7) is 4.67. The van der Waals surface area contributed by atoms with Crippen molar-refractivity contribution in [2.24, 2.45) is 40.9 Å². The number of carbonyl (C=O) groups excluding carboxylic acids is 1. The maximum Gasteiger partial charge on any atom is 0.133 e. The second-order valence-electron chi connectivity index (χ2n) is 10.4. The Morgan fingerprint density at radius 3 is 2.54 bits per heavy atom. The average molecular weight is 363 g/mol. The first kappa shape index (κ1) is 18.9. The molecule has 3 heteroatoms. The quantitative estimate of drug-likeness (QED) is 0.794. The number of rotatable bonds is 4. The summed E-state index contributed by atoms with van der Waals surface area (Å²) in [6, 6.07) is 0. The highest BCUT2D eigenvalue weighted by Gasteiger charge is 2.59. The Balaban J connectivity index is 1.57. The fraction of sp³-hybridized carbons (Fsp3) is 0.957. The Kier molecular flexibility index (Phi) is 5.01. The van der Waals surface area contributed by atoms with Crippen LogP contribution in [0.5, 0.6) is 0 Å². The van der Waals surface area contributed by atoms with Crippen LogP contribution >= 0.6 is 0 Å². The lowest BCUT2D eigenvalue weighted by Crippen LogP contribution is -2.52. The molecule has 0 aromatic rings. The van der Waals surface area contributed by atoms with Gasteiger partial charge < -0.3 is 9.84 Å². The van der Waals surface area contributed by atoms with Crippen molar-refractivity contribution in [2.75, 3.05) is 13.7 Å². The van der Waals surface area contributed by atoms with Crippen LogP contribution in [0.4, 0.5) is 0 Å². The largest absolute Gasteiger partial charge is 0.390 e. The Bertz CT molecular complexity index is 542. The SMILES string of the molecule is COCC[C@]12CC[C@H]3[C@@H](CC[C@@H]4C[C@](C)(O)CC[C@@H]43)[C@@H]1CC[C@@H]2C(C)=O. The molecule has 0 aromatic heterocycles. The summed E-state index contributed by atoms with van der Waals surface area (Å²) >= 11 is 0. The number of fused-ring (bicyclic) bond motifs is 5. The van der Waals surface area contributed by atoms with Crippen molar-refractivity contribution in [3.05, 3.63) is 0 Å². The third-order valence-corrected chi connectivity index (χ3v) is 9.22. The molecule has 4 rings (SSSR count). The monoisotopic (exact) mass is 362 g/mol. The summed E-state index contributed by atoms with van der Waals surface area (Å²) in [6.07, 6.45) is 11.8. The first-order valence-corrected chi connectivity index (χ1v) is 11.1. The number of aliphatic hydroxyl groups is 1. The van der Waals surface area contributed by atoms with Crippen molar-refractivity contribution < 1.29 is 14.6 Å². The van der Waals surface area contributed by atoms with Gasteiger partial charge in [-0.25, -0.2) is 0 Å². The minimum absolute atomic E-state index is 0.218. The second-order valence-corrected chi connectivity index (χ2v) is 10.4. The predicted molar refractivity (Wildman–Crippen MR) is 103 cm³/mol. The van der Waals surface area contributed by atoms with Crippen LogP contribution in [0, 0.1) is 40.9 Å². The van der Waals surface area contributed by atoms with Gasteiger partial charge in [0.15, 0.2) is 0 Å². The molecule has 0 radical (unpaired) electrons. The maximum absolute atomic E-state index is 12.5. The van der Waals surface area contributed by atoms with Crippen molar-refractivity contribution in [1.29, 1.82) is 0 Å². The van der Waals surface area contributed by atoms with Gasteiger partial charge in [-0.05, 0) is 113 Å². The van der Waals surface area contributed by atoms with E-state index in [1.807, 2.05) is 13.8 Å². The van der Waals surface area contributed by atoms with E-state index in [0.717, 1.165) is 61.9 Å². The van der Waals surface area contributed by atoms with E-state index in [4.69, 9.17) is 4.74 Å². The van der Waals surface area contributed by atoms with Gasteiger partial charge >= 0.3 is 0 Å². The van der Waals surface area contributed by atoms with Gasteiger partial charge in [-0.15, -0.1) is 0 Å². The number of hydrogen-bond acceptors (Lipinski definition) is 3. The first-order valence-electron chi connectivity index (χ1n) is 11.1. The minimum Gasteiger partial charge on any atom is -0.390 e. The Morgan fingerprint density at radius 1 is 1.04 bits per heavy atom. The molecule has 0 saturated heterocycles. The van der Waals surface area contributed by atoms with Crippen LogP contribution in [0.3, 0.4) is 0 Å². The van der Waals surface area contributed by atoms with Gasteiger partial charge in [-0.1, -0.05) is 0 Å². The fourth-order valence-corrected chi connectivity index (χ4v) is 8.28. The van der Waals surface area contributed by atoms with Crippen molar-refractivity contribution in [1.82, 2.24) is 0 Å². The highest BCUT2D eigenvalue weighted by molar-refractivity contribution is 5.79. The third kappa shape index (κ3) is 2.98. The number of hydrogen-bond donors (Lipinski definition) is 1. The number of carbonyl (C=O) groups is 1. The molecule has 0 unspecified atom stereocenters. The number of methoxy groups -OCH3 is 1. The minimum atomic E-state index is -0.433. The first-order chi connectivity index (χ1) is 12.4. The third-order valence-electron chi connectivity index (χ3n) is 9.22. The molecule has 1 N–H and O–H groups in total. The van der Waals surface area contributed by atoms with Crippen LogP contribution in [0.15, 0.2) is 0 Å². The standard InChI is InChI=1S/C23H38O3/c1-15(24)20-6-7-21-19-5-4-16-14-22(2,25)10-8-17(16)18(19)9-11-23(20,21)12-13-26-3/h16-21,25H,4-14H2,1-3H3/t16-,17+,18-,19-,20-,21+,22-,23+/m1/s1. The highest BCUT2D eigenvalue weighted by Crippen LogP contribution is 2.66. The number of Topliss-reactive ketones (excluding diaryl/α,β-unsaturated/α-hetero) is 1. The molecule has 0 aromatic carbocycles. The summed E-state index contributed by atoms with van der Waals surface area (Å²) in [5.74, 6) is 4.64. The van der Waals surface area contributed by atoms with E-state index in [1.165, 1.54) is 38.5 Å². The molecule has 148 valence electrons. The van der Waals surface area contributed by atoms with Gasteiger partial charge in [0, 0.05) is 19.6 Å². The molecule has 0 heterocycles. The lowest BCUT2D eigenvalue weighted by Gasteiger charge is -2.57. The zero-order valence-electron chi connectivity index (χ0n) is 17.0. The van der Waals surface area contributed by atoms with Crippen LogP contribution in [-0.2, 0) is 9.53 Å². The highest BCUT2D eigenvalue weighted by atomic mass is 16.5. The topological polar surface area (TPSA) is 46.5 Å². The molecule has 0 bridgehead atoms. The molecular weight excluding hydrogens is 324 g/mol. The van der Waals surface area contributed by atoms with Gasteiger partial charge in [-0.3, -0.25) is 4.79 Å². The van der Waals surface area contributed by atoms with E-state index in [9.17, 15) is 9.90 Å². The Labute approximate surface area is 159 Å². The van der Waals surface area contributed by atoms with Gasteiger partial charge in [0.2, 0.25) is 0 Å². The van der Waals surface area contributed by atoms with E-state index < -0.39 is 5.60 Å². The van der Waals surface area contributed by atoms with Crippen molar-refractivity contribution in [3.63, 3.8) is 0 Å². The van der Waals surface area contributed by atoms with Gasteiger partial charge in [0.25, 0.3) is 0 Å². The van der Waals surface area contributed by atoms with E-state index in [-0.39, 0.29) is 11.3 Å². The Morgan fingerprint density at radius 2 is 1.81 bits per heavy atom. The number of ether oxygens (including phenoxy) is 1. The summed E-state index contributed by atoms with van der Waals surface area (Å²) in [5.41, 5.74) is -0.214. The molecule has 4 aliphatic carbocycles. The molecule has 4 fully saturated rings. The molecule has 0 aliphatic heterocycles. The normalized spacial score (nSPS) is 50.6. The van der Waals surface area contributed by atoms with Crippen LogP contribution < -0.4 is 0 Å². The molecule has 4 aliphatic rings. The van der Waals surface area contributed by atoms with Crippen LogP contribution in [0.2, 0.25) is 0 Å². The van der Waals surface area contributed by atoms with Crippen molar-refractivity contribution in [3.8, 4) is 0 Å². The van der Waals surface area contributed by atoms with E-state index in [0.29, 0.717) is 5.78 Å². The lowest BCUT2D eigenvalue weighted by atomic mass is 9.48.